The van der Waals surface area contributed by atoms with E-state index in [0.29, 0.717) is 38.0 Å². The molecule has 1 aromatic heterocycles. The van der Waals surface area contributed by atoms with Crippen molar-refractivity contribution >= 4 is 27.5 Å². The van der Waals surface area contributed by atoms with Gasteiger partial charge < -0.3 is 29.2 Å². The Balaban J connectivity index is 1.52. The lowest BCUT2D eigenvalue weighted by atomic mass is 9.99. The van der Waals surface area contributed by atoms with E-state index in [1.807, 2.05) is 19.1 Å². The Morgan fingerprint density at radius 2 is 1.62 bits per heavy atom. The van der Waals surface area contributed by atoms with Crippen LogP contribution < -0.4 is 14.2 Å². The summed E-state index contributed by atoms with van der Waals surface area (Å²) in [5.41, 5.74) is 4.38. The van der Waals surface area contributed by atoms with Crippen molar-refractivity contribution in [2.45, 2.75) is 44.5 Å². The number of aliphatic hydroxyl groups is 1. The Morgan fingerprint density at radius 1 is 1.00 bits per heavy atom. The number of carbonyl (C=O) groups is 1. The predicted molar refractivity (Wildman–Crippen MR) is 149 cm³/mol. The number of hydrogen-bond acceptors (Lipinski definition) is 8. The second-order valence-electron chi connectivity index (χ2n) is 9.58. The largest absolute Gasteiger partial charge is 0.496 e. The van der Waals surface area contributed by atoms with Crippen molar-refractivity contribution in [2.24, 2.45) is 0 Å². The zero-order valence-corrected chi connectivity index (χ0v) is 23.1. The highest BCUT2D eigenvalue weighted by molar-refractivity contribution is 7.19. The Bertz CT molecular complexity index is 1460. The van der Waals surface area contributed by atoms with Crippen LogP contribution in [-0.4, -0.2) is 54.7 Å². The zero-order valence-electron chi connectivity index (χ0n) is 22.3. The number of fused-ring (bicyclic) bond motifs is 2. The van der Waals surface area contributed by atoms with Crippen LogP contribution in [0.2, 0.25) is 0 Å². The van der Waals surface area contributed by atoms with E-state index < -0.39 is 18.2 Å². The van der Waals surface area contributed by atoms with Crippen molar-refractivity contribution in [1.82, 2.24) is 4.98 Å². The maximum atomic E-state index is 11.9. The van der Waals surface area contributed by atoms with E-state index in [4.69, 9.17) is 18.9 Å². The molecule has 9 heteroatoms. The molecule has 4 aromatic rings. The van der Waals surface area contributed by atoms with E-state index in [-0.39, 0.29) is 18.1 Å². The average Bonchev–Trinajstić information content (AvgIpc) is 3.55. The third-order valence-corrected chi connectivity index (χ3v) is 8.32. The highest BCUT2D eigenvalue weighted by Crippen LogP contribution is 2.38. The maximum absolute atomic E-state index is 11.9. The number of rotatable bonds is 10. The molecular formula is C30H31NO7S. The lowest BCUT2D eigenvalue weighted by molar-refractivity contribution is -0.0743. The SMILES string of the molecule is COc1cc(C(O)C(Cc2nc3c(C(=O)O)ccc(OC)c3s2)OC2Cc3ccccc3C2)cc(OC)c1C. The fraction of sp³-hybridized carbons (Fsp3) is 0.333. The normalized spacial score (nSPS) is 14.7. The van der Waals surface area contributed by atoms with Gasteiger partial charge >= 0.3 is 5.97 Å². The lowest BCUT2D eigenvalue weighted by Crippen LogP contribution is -2.30. The highest BCUT2D eigenvalue weighted by atomic mass is 32.1. The molecule has 0 spiro atoms. The topological polar surface area (TPSA) is 107 Å². The van der Waals surface area contributed by atoms with Crippen molar-refractivity contribution in [2.75, 3.05) is 21.3 Å². The summed E-state index contributed by atoms with van der Waals surface area (Å²) in [7, 11) is 4.70. The van der Waals surface area contributed by atoms with Gasteiger partial charge in [-0.25, -0.2) is 9.78 Å². The van der Waals surface area contributed by atoms with E-state index >= 15 is 0 Å². The van der Waals surface area contributed by atoms with Crippen LogP contribution in [0, 0.1) is 6.92 Å². The van der Waals surface area contributed by atoms with Crippen LogP contribution in [0.4, 0.5) is 0 Å². The fourth-order valence-electron chi connectivity index (χ4n) is 5.21. The number of benzene rings is 3. The minimum atomic E-state index is -1.06. The summed E-state index contributed by atoms with van der Waals surface area (Å²) in [5.74, 6) is 0.698. The van der Waals surface area contributed by atoms with Gasteiger partial charge in [-0.05, 0) is 60.7 Å². The first-order valence-electron chi connectivity index (χ1n) is 12.7. The van der Waals surface area contributed by atoms with Gasteiger partial charge in [0.1, 0.15) is 23.4 Å². The molecule has 39 heavy (non-hydrogen) atoms. The molecular weight excluding hydrogens is 518 g/mol. The molecule has 2 unspecified atom stereocenters. The van der Waals surface area contributed by atoms with Crippen LogP contribution in [-0.2, 0) is 24.0 Å². The standard InChI is InChI=1S/C30H31NO7S/c1-16-23(36-3)13-19(14-24(16)37-4)28(32)25(38-20-11-17-7-5-6-8-18(17)12-20)15-26-31-27-21(30(33)34)9-10-22(35-2)29(27)39-26/h5-10,13-14,20,25,28,32H,11-12,15H2,1-4H3,(H,33,34). The number of carboxylic acids is 1. The molecule has 0 saturated heterocycles. The minimum Gasteiger partial charge on any atom is -0.496 e. The summed E-state index contributed by atoms with van der Waals surface area (Å²) in [5, 5.41) is 22.0. The van der Waals surface area contributed by atoms with Crippen LogP contribution >= 0.6 is 11.3 Å². The van der Waals surface area contributed by atoms with Crippen LogP contribution in [0.5, 0.6) is 17.2 Å². The molecule has 3 aromatic carbocycles. The monoisotopic (exact) mass is 549 g/mol. The number of carboxylic acid groups (broad SMARTS) is 1. The smallest absolute Gasteiger partial charge is 0.337 e. The summed E-state index contributed by atoms with van der Waals surface area (Å²) < 4.78 is 23.8. The Labute approximate surface area is 230 Å². The van der Waals surface area contributed by atoms with E-state index in [1.54, 1.807) is 39.5 Å². The molecule has 0 amide bonds. The van der Waals surface area contributed by atoms with E-state index in [2.05, 4.69) is 17.1 Å². The molecule has 1 heterocycles. The van der Waals surface area contributed by atoms with Gasteiger partial charge in [0.15, 0.2) is 0 Å². The summed E-state index contributed by atoms with van der Waals surface area (Å²) in [6.07, 6.45) is -0.0391. The lowest BCUT2D eigenvalue weighted by Gasteiger charge is -2.27. The average molecular weight is 550 g/mol. The maximum Gasteiger partial charge on any atom is 0.337 e. The fourth-order valence-corrected chi connectivity index (χ4v) is 6.33. The second kappa shape index (κ2) is 11.2. The molecule has 1 aliphatic rings. The molecule has 5 rings (SSSR count). The zero-order chi connectivity index (χ0) is 27.7. The van der Waals surface area contributed by atoms with Crippen LogP contribution in [0.3, 0.4) is 0 Å². The summed E-state index contributed by atoms with van der Waals surface area (Å²) in [4.78, 5) is 16.5. The van der Waals surface area contributed by atoms with Gasteiger partial charge in [0.2, 0.25) is 0 Å². The number of aromatic carboxylic acids is 1. The third-order valence-electron chi connectivity index (χ3n) is 7.23. The molecule has 8 nitrogen and oxygen atoms in total. The van der Waals surface area contributed by atoms with Gasteiger partial charge in [0.05, 0.1) is 54.3 Å². The summed E-state index contributed by atoms with van der Waals surface area (Å²) in [6, 6.07) is 15.0. The third kappa shape index (κ3) is 5.30. The number of hydrogen-bond donors (Lipinski definition) is 2. The van der Waals surface area contributed by atoms with Crippen molar-refractivity contribution < 1.29 is 34.0 Å². The van der Waals surface area contributed by atoms with Gasteiger partial charge in [-0.2, -0.15) is 0 Å². The molecule has 2 atom stereocenters. The van der Waals surface area contributed by atoms with E-state index in [1.165, 1.54) is 28.5 Å². The van der Waals surface area contributed by atoms with Crippen LogP contribution in [0.15, 0.2) is 48.5 Å². The molecule has 0 saturated carbocycles. The molecule has 0 radical (unpaired) electrons. The van der Waals surface area contributed by atoms with Gasteiger partial charge in [-0.1, -0.05) is 24.3 Å². The minimum absolute atomic E-state index is 0.102. The van der Waals surface area contributed by atoms with Crippen molar-refractivity contribution in [3.8, 4) is 17.2 Å². The highest BCUT2D eigenvalue weighted by Gasteiger charge is 2.31. The number of nitrogens with zero attached hydrogens (tertiary/aromatic N) is 1. The van der Waals surface area contributed by atoms with E-state index in [0.717, 1.165) is 18.4 Å². The van der Waals surface area contributed by atoms with E-state index in [9.17, 15) is 15.0 Å². The number of methoxy groups -OCH3 is 3. The Hall–Kier alpha value is -3.66. The van der Waals surface area contributed by atoms with Gasteiger partial charge in [-0.15, -0.1) is 11.3 Å². The number of aromatic nitrogens is 1. The van der Waals surface area contributed by atoms with Crippen LogP contribution in [0.25, 0.3) is 10.2 Å². The second-order valence-corrected chi connectivity index (χ2v) is 10.7. The molecule has 0 aliphatic heterocycles. The van der Waals surface area contributed by atoms with Crippen molar-refractivity contribution in [3.63, 3.8) is 0 Å². The molecule has 204 valence electrons. The molecule has 2 N–H and O–H groups in total. The first-order chi connectivity index (χ1) is 18.8. The summed E-state index contributed by atoms with van der Waals surface area (Å²) >= 11 is 1.34. The number of aliphatic hydroxyl groups excluding tert-OH is 1. The number of thiazole rings is 1. The number of ether oxygens (including phenoxy) is 4. The van der Waals surface area contributed by atoms with Gasteiger partial charge in [-0.3, -0.25) is 0 Å². The van der Waals surface area contributed by atoms with Crippen molar-refractivity contribution in [3.05, 3.63) is 81.4 Å². The predicted octanol–water partition coefficient (Wildman–Crippen LogP) is 5.16. The van der Waals surface area contributed by atoms with Gasteiger partial charge in [0, 0.05) is 12.0 Å². The van der Waals surface area contributed by atoms with Crippen molar-refractivity contribution in [1.29, 1.82) is 0 Å². The molecule has 0 bridgehead atoms. The van der Waals surface area contributed by atoms with Gasteiger partial charge in [0.25, 0.3) is 0 Å². The molecule has 0 fully saturated rings. The Morgan fingerprint density at radius 3 is 2.18 bits per heavy atom. The first kappa shape index (κ1) is 26.9. The quantitative estimate of drug-likeness (QED) is 0.279. The first-order valence-corrected chi connectivity index (χ1v) is 13.5. The molecule has 1 aliphatic carbocycles. The summed E-state index contributed by atoms with van der Waals surface area (Å²) in [6.45, 7) is 1.89. The Kier molecular flexibility index (Phi) is 7.74. The van der Waals surface area contributed by atoms with Crippen LogP contribution in [0.1, 0.15) is 43.7 Å².